The largest absolute Gasteiger partial charge is 0.379 e. The number of rotatable bonds is 7. The number of amides is 1. The van der Waals surface area contributed by atoms with Gasteiger partial charge in [0.15, 0.2) is 5.69 Å². The van der Waals surface area contributed by atoms with Gasteiger partial charge in [-0.1, -0.05) is 5.16 Å². The number of hydrogen-bond acceptors (Lipinski definition) is 7. The van der Waals surface area contributed by atoms with Crippen LogP contribution in [0.5, 0.6) is 0 Å². The summed E-state index contributed by atoms with van der Waals surface area (Å²) in [5, 5.41) is 6.97. The molecule has 4 fully saturated rings. The lowest BCUT2D eigenvalue weighted by Crippen LogP contribution is -2.53. The van der Waals surface area contributed by atoms with E-state index in [0.29, 0.717) is 44.2 Å². The average molecular weight is 439 g/mol. The number of nitrogens with one attached hydrogen (secondary N) is 1. The molecule has 1 aliphatic carbocycles. The van der Waals surface area contributed by atoms with Crippen LogP contribution in [0.4, 0.5) is 0 Å². The molecule has 4 aliphatic rings. The highest BCUT2D eigenvalue weighted by Crippen LogP contribution is 2.40. The molecule has 3 atom stereocenters. The van der Waals surface area contributed by atoms with Gasteiger partial charge in [0, 0.05) is 49.7 Å². The number of morpholine rings is 1. The first kappa shape index (κ1) is 20.4. The molecule has 30 heavy (non-hydrogen) atoms. The summed E-state index contributed by atoms with van der Waals surface area (Å²) >= 11 is 0. The van der Waals surface area contributed by atoms with Crippen molar-refractivity contribution in [1.82, 2.24) is 19.7 Å². The number of nitrogens with zero attached hydrogens (tertiary/aromatic N) is 3. The maximum Gasteiger partial charge on any atom is 0.273 e. The minimum Gasteiger partial charge on any atom is -0.379 e. The van der Waals surface area contributed by atoms with Crippen LogP contribution in [-0.4, -0.2) is 85.4 Å². The van der Waals surface area contributed by atoms with Crippen molar-refractivity contribution in [2.75, 3.05) is 38.6 Å². The van der Waals surface area contributed by atoms with E-state index in [-0.39, 0.29) is 29.8 Å². The fraction of sp³-hybridized carbons (Fsp3) is 0.800. The van der Waals surface area contributed by atoms with Crippen LogP contribution in [0.2, 0.25) is 0 Å². The lowest BCUT2D eigenvalue weighted by molar-refractivity contribution is 0.0406. The van der Waals surface area contributed by atoms with Crippen molar-refractivity contribution in [3.05, 3.63) is 17.5 Å². The van der Waals surface area contributed by atoms with Crippen molar-refractivity contribution in [3.8, 4) is 0 Å². The Labute approximate surface area is 177 Å². The average Bonchev–Trinajstić information content (AvgIpc) is 3.39. The summed E-state index contributed by atoms with van der Waals surface area (Å²) in [4.78, 5) is 14.7. The molecule has 166 valence electrons. The monoisotopic (exact) mass is 438 g/mol. The zero-order chi connectivity index (χ0) is 20.7. The van der Waals surface area contributed by atoms with Crippen molar-refractivity contribution < 1.29 is 22.5 Å². The molecule has 3 aliphatic heterocycles. The number of hydrogen-bond donors (Lipinski definition) is 1. The zero-order valence-corrected chi connectivity index (χ0v) is 18.0. The lowest BCUT2D eigenvalue weighted by atomic mass is 9.99. The summed E-state index contributed by atoms with van der Waals surface area (Å²) in [6, 6.07) is 1.67. The van der Waals surface area contributed by atoms with Gasteiger partial charge in [0.1, 0.15) is 5.76 Å². The SMILES string of the molecule is O=C(N[C@@H]1C[C@H]2CC[C@@H](C1)N2S(=O)(=O)CCN1CCOCC1)c1cc(C2CC2)on1. The summed E-state index contributed by atoms with van der Waals surface area (Å²) < 4.78 is 38.5. The predicted molar refractivity (Wildman–Crippen MR) is 109 cm³/mol. The molecule has 4 heterocycles. The van der Waals surface area contributed by atoms with E-state index in [9.17, 15) is 13.2 Å². The van der Waals surface area contributed by atoms with E-state index in [1.54, 1.807) is 10.4 Å². The van der Waals surface area contributed by atoms with Gasteiger partial charge in [0.2, 0.25) is 10.0 Å². The van der Waals surface area contributed by atoms with Crippen LogP contribution in [0.3, 0.4) is 0 Å². The quantitative estimate of drug-likeness (QED) is 0.675. The van der Waals surface area contributed by atoms with Crippen LogP contribution in [0, 0.1) is 0 Å². The first-order chi connectivity index (χ1) is 14.5. The minimum atomic E-state index is -3.31. The molecular formula is C20H30N4O5S. The number of piperidine rings is 1. The molecule has 2 bridgehead atoms. The smallest absolute Gasteiger partial charge is 0.273 e. The molecular weight excluding hydrogens is 408 g/mol. The molecule has 3 saturated heterocycles. The van der Waals surface area contributed by atoms with Crippen LogP contribution < -0.4 is 5.32 Å². The normalized spacial score (nSPS) is 30.5. The maximum absolute atomic E-state index is 13.1. The Balaban J connectivity index is 1.17. The van der Waals surface area contributed by atoms with Gasteiger partial charge >= 0.3 is 0 Å². The molecule has 1 saturated carbocycles. The third-order valence-corrected chi connectivity index (χ3v) is 8.77. The van der Waals surface area contributed by atoms with E-state index >= 15 is 0 Å². The van der Waals surface area contributed by atoms with E-state index in [1.807, 2.05) is 0 Å². The van der Waals surface area contributed by atoms with Gasteiger partial charge in [0.25, 0.3) is 5.91 Å². The maximum atomic E-state index is 13.1. The fourth-order valence-electron chi connectivity index (χ4n) is 5.10. The van der Waals surface area contributed by atoms with E-state index < -0.39 is 10.0 Å². The zero-order valence-electron chi connectivity index (χ0n) is 17.2. The highest BCUT2D eigenvalue weighted by Gasteiger charge is 2.47. The third-order valence-electron chi connectivity index (χ3n) is 6.83. The molecule has 0 unspecified atom stereocenters. The van der Waals surface area contributed by atoms with Crippen LogP contribution in [0.25, 0.3) is 0 Å². The van der Waals surface area contributed by atoms with Gasteiger partial charge in [0.05, 0.1) is 19.0 Å². The Hall–Kier alpha value is -1.49. The molecule has 5 rings (SSSR count). The van der Waals surface area contributed by atoms with Gasteiger partial charge in [-0.15, -0.1) is 0 Å². The second-order valence-corrected chi connectivity index (χ2v) is 11.0. The van der Waals surface area contributed by atoms with Crippen LogP contribution >= 0.6 is 0 Å². The standard InChI is InChI=1S/C20H30N4O5S/c25-20(18-13-19(29-22-18)14-1-2-14)21-15-11-16-3-4-17(12-15)24(16)30(26,27)10-7-23-5-8-28-9-6-23/h13-17H,1-12H2,(H,21,25)/t15-,16-,17+. The second kappa shape index (κ2) is 8.22. The summed E-state index contributed by atoms with van der Waals surface area (Å²) in [6.45, 7) is 3.48. The fourth-order valence-corrected chi connectivity index (χ4v) is 7.09. The van der Waals surface area contributed by atoms with Gasteiger partial charge in [-0.2, -0.15) is 4.31 Å². The first-order valence-corrected chi connectivity index (χ1v) is 12.7. The second-order valence-electron chi connectivity index (χ2n) is 9.02. The minimum absolute atomic E-state index is 0.0249. The van der Waals surface area contributed by atoms with Gasteiger partial charge in [-0.25, -0.2) is 8.42 Å². The van der Waals surface area contributed by atoms with Gasteiger partial charge in [-0.3, -0.25) is 9.69 Å². The highest BCUT2D eigenvalue weighted by molar-refractivity contribution is 7.89. The summed E-state index contributed by atoms with van der Waals surface area (Å²) in [5.74, 6) is 1.14. The topological polar surface area (TPSA) is 105 Å². The van der Waals surface area contributed by atoms with Gasteiger partial charge in [-0.05, 0) is 38.5 Å². The molecule has 0 radical (unpaired) electrons. The van der Waals surface area contributed by atoms with E-state index in [4.69, 9.17) is 9.26 Å². The third kappa shape index (κ3) is 4.28. The van der Waals surface area contributed by atoms with Crippen LogP contribution in [-0.2, 0) is 14.8 Å². The van der Waals surface area contributed by atoms with E-state index in [0.717, 1.165) is 44.5 Å². The van der Waals surface area contributed by atoms with Crippen molar-refractivity contribution in [1.29, 1.82) is 0 Å². The number of sulfonamides is 1. The number of fused-ring (bicyclic) bond motifs is 2. The molecule has 1 aromatic rings. The number of aromatic nitrogens is 1. The number of carbonyl (C=O) groups excluding carboxylic acids is 1. The summed E-state index contributed by atoms with van der Waals surface area (Å²) in [7, 11) is -3.31. The Morgan fingerprint density at radius 3 is 2.50 bits per heavy atom. The van der Waals surface area contributed by atoms with Gasteiger partial charge < -0.3 is 14.6 Å². The molecule has 1 N–H and O–H groups in total. The van der Waals surface area contributed by atoms with E-state index in [1.165, 1.54) is 0 Å². The number of ether oxygens (including phenoxy) is 1. The Morgan fingerprint density at radius 2 is 1.83 bits per heavy atom. The molecule has 0 aromatic carbocycles. The number of carbonyl (C=O) groups is 1. The molecule has 0 spiro atoms. The molecule has 10 heteroatoms. The van der Waals surface area contributed by atoms with Crippen molar-refractivity contribution in [3.63, 3.8) is 0 Å². The van der Waals surface area contributed by atoms with Crippen molar-refractivity contribution in [2.24, 2.45) is 0 Å². The lowest BCUT2D eigenvalue weighted by Gasteiger charge is -2.38. The molecule has 1 amide bonds. The Bertz CT molecular complexity index is 864. The van der Waals surface area contributed by atoms with Crippen molar-refractivity contribution >= 4 is 15.9 Å². The first-order valence-electron chi connectivity index (χ1n) is 11.1. The van der Waals surface area contributed by atoms with Crippen LogP contribution in [0.1, 0.15) is 60.7 Å². The Kier molecular flexibility index (Phi) is 5.59. The summed E-state index contributed by atoms with van der Waals surface area (Å²) in [5.41, 5.74) is 0.324. The predicted octanol–water partition coefficient (Wildman–Crippen LogP) is 0.939. The van der Waals surface area contributed by atoms with Crippen LogP contribution in [0.15, 0.2) is 10.6 Å². The van der Waals surface area contributed by atoms with E-state index in [2.05, 4.69) is 15.4 Å². The molecule has 1 aromatic heterocycles. The highest BCUT2D eigenvalue weighted by atomic mass is 32.2. The summed E-state index contributed by atoms with van der Waals surface area (Å²) in [6.07, 6.45) is 5.24. The van der Waals surface area contributed by atoms with Crippen molar-refractivity contribution in [2.45, 2.75) is 62.6 Å². The molecule has 9 nitrogen and oxygen atoms in total. The Morgan fingerprint density at radius 1 is 1.13 bits per heavy atom.